The monoisotopic (exact) mass is 474 g/mol. The van der Waals surface area contributed by atoms with Crippen LogP contribution in [0.4, 0.5) is 0 Å². The fourth-order valence-corrected chi connectivity index (χ4v) is 4.61. The van der Waals surface area contributed by atoms with Gasteiger partial charge in [-0.1, -0.05) is 52.0 Å². The van der Waals surface area contributed by atoms with Crippen LogP contribution >= 0.6 is 12.0 Å². The quantitative estimate of drug-likeness (QED) is 0.525. The lowest BCUT2D eigenvalue weighted by molar-refractivity contribution is -0.143. The Bertz CT molecular complexity index is 923. The molecule has 2 atom stereocenters. The number of hydrogen-bond acceptors (Lipinski definition) is 6. The Morgan fingerprint density at radius 3 is 2.52 bits per heavy atom. The smallest absolute Gasteiger partial charge is 0.246 e. The maximum Gasteiger partial charge on any atom is 0.246 e. The van der Waals surface area contributed by atoms with E-state index in [-0.39, 0.29) is 17.7 Å². The molecular formula is C24H34N4O4S. The molecule has 0 saturated carbocycles. The number of allylic oxidation sites excluding steroid dienone is 1. The summed E-state index contributed by atoms with van der Waals surface area (Å²) in [6.45, 7) is 10.4. The first kappa shape index (κ1) is 25.1. The summed E-state index contributed by atoms with van der Waals surface area (Å²) in [4.78, 5) is 41.0. The van der Waals surface area contributed by atoms with Gasteiger partial charge < -0.3 is 15.5 Å². The molecule has 3 rings (SSSR count). The van der Waals surface area contributed by atoms with Gasteiger partial charge in [-0.2, -0.15) is 4.28 Å². The van der Waals surface area contributed by atoms with E-state index in [9.17, 15) is 14.4 Å². The van der Waals surface area contributed by atoms with Crippen LogP contribution in [0.15, 0.2) is 30.0 Å². The van der Waals surface area contributed by atoms with Gasteiger partial charge in [-0.25, -0.2) is 0 Å². The molecule has 2 heterocycles. The fourth-order valence-electron chi connectivity index (χ4n) is 3.96. The molecule has 0 radical (unpaired) electrons. The number of amides is 3. The highest BCUT2D eigenvalue weighted by Crippen LogP contribution is 2.34. The average Bonchev–Trinajstić information content (AvgIpc) is 3.44. The maximum atomic E-state index is 13.3. The summed E-state index contributed by atoms with van der Waals surface area (Å²) in [6.07, 6.45) is 1.69. The fraction of sp³-hybridized carbons (Fsp3) is 0.542. The van der Waals surface area contributed by atoms with Gasteiger partial charge >= 0.3 is 0 Å². The lowest BCUT2D eigenvalue weighted by Crippen LogP contribution is -2.57. The largest absolute Gasteiger partial charge is 0.350 e. The molecule has 3 N–H and O–H groups in total. The van der Waals surface area contributed by atoms with Crippen LogP contribution < -0.4 is 16.1 Å². The lowest BCUT2D eigenvalue weighted by Gasteiger charge is -2.35. The predicted octanol–water partition coefficient (Wildman–Crippen LogP) is 3.11. The van der Waals surface area contributed by atoms with Crippen LogP contribution in [0.2, 0.25) is 0 Å². The van der Waals surface area contributed by atoms with E-state index in [2.05, 4.69) is 16.1 Å². The maximum absolute atomic E-state index is 13.3. The van der Waals surface area contributed by atoms with Gasteiger partial charge in [-0.05, 0) is 36.3 Å². The van der Waals surface area contributed by atoms with E-state index in [0.717, 1.165) is 28.1 Å². The molecule has 3 amide bonds. The summed E-state index contributed by atoms with van der Waals surface area (Å²) in [6, 6.07) is 6.75. The Kier molecular flexibility index (Phi) is 8.07. The molecule has 9 heteroatoms. The average molecular weight is 475 g/mol. The van der Waals surface area contributed by atoms with Crippen LogP contribution in [0, 0.1) is 5.41 Å². The van der Waals surface area contributed by atoms with Crippen molar-refractivity contribution in [3.05, 3.63) is 41.1 Å². The SMILES string of the molecule is CCC(=O)NC(C(=O)N1CCCC1C(=O)NCc1ccc(C2=C(C)NOS2)cc1)C(C)(C)C. The Labute approximate surface area is 200 Å². The van der Waals surface area contributed by atoms with Gasteiger partial charge in [0.15, 0.2) is 0 Å². The zero-order valence-corrected chi connectivity index (χ0v) is 20.8. The van der Waals surface area contributed by atoms with Gasteiger partial charge in [0, 0.05) is 19.5 Å². The minimum atomic E-state index is -0.671. The topological polar surface area (TPSA) is 99.8 Å². The number of likely N-dealkylation sites (tertiary alicyclic amines) is 1. The number of hydroxylamine groups is 1. The van der Waals surface area contributed by atoms with Crippen LogP contribution in [0.5, 0.6) is 0 Å². The Hall–Kier alpha value is -2.52. The van der Waals surface area contributed by atoms with Crippen molar-refractivity contribution in [2.75, 3.05) is 6.54 Å². The highest BCUT2D eigenvalue weighted by Gasteiger charge is 2.41. The van der Waals surface area contributed by atoms with Crippen molar-refractivity contribution in [2.45, 2.75) is 72.5 Å². The molecule has 1 saturated heterocycles. The standard InChI is InChI=1S/C24H34N4O4S/c1-6-19(29)26-21(24(3,4)5)23(31)28-13-7-8-18(28)22(30)25-14-16-9-11-17(12-10-16)20-15(2)27-32-33-20/h9-12,18,21,27H,6-8,13-14H2,1-5H3,(H,25,30)(H,26,29). The lowest BCUT2D eigenvalue weighted by atomic mass is 9.85. The van der Waals surface area contributed by atoms with E-state index in [1.54, 1.807) is 11.8 Å². The summed E-state index contributed by atoms with van der Waals surface area (Å²) in [5, 5.41) is 5.83. The molecule has 1 aromatic carbocycles. The normalized spacial score (nSPS) is 19.3. The second-order valence-corrected chi connectivity index (χ2v) is 10.3. The molecule has 0 aromatic heterocycles. The van der Waals surface area contributed by atoms with Crippen molar-refractivity contribution in [3.8, 4) is 0 Å². The van der Waals surface area contributed by atoms with Crippen LogP contribution in [-0.2, 0) is 25.2 Å². The van der Waals surface area contributed by atoms with Crippen molar-refractivity contribution in [2.24, 2.45) is 5.41 Å². The van der Waals surface area contributed by atoms with E-state index >= 15 is 0 Å². The third-order valence-corrected chi connectivity index (χ3v) is 6.80. The van der Waals surface area contributed by atoms with Gasteiger partial charge in [-0.15, -0.1) is 0 Å². The van der Waals surface area contributed by atoms with E-state index in [1.165, 1.54) is 12.0 Å². The number of nitrogens with zero attached hydrogens (tertiary/aromatic N) is 1. The van der Waals surface area contributed by atoms with E-state index in [4.69, 9.17) is 4.28 Å². The summed E-state index contributed by atoms with van der Waals surface area (Å²) >= 11 is 1.29. The molecule has 2 aliphatic rings. The number of carbonyl (C=O) groups excluding carboxylic acids is 3. The van der Waals surface area contributed by atoms with Gasteiger partial charge in [0.05, 0.1) is 22.6 Å². The first-order valence-corrected chi connectivity index (χ1v) is 12.1. The summed E-state index contributed by atoms with van der Waals surface area (Å²) in [7, 11) is 0. The van der Waals surface area contributed by atoms with Gasteiger partial charge in [0.25, 0.3) is 0 Å². The third-order valence-electron chi connectivity index (χ3n) is 5.92. The van der Waals surface area contributed by atoms with Crippen molar-refractivity contribution >= 4 is 34.7 Å². The molecule has 33 heavy (non-hydrogen) atoms. The Morgan fingerprint density at radius 2 is 1.94 bits per heavy atom. The van der Waals surface area contributed by atoms with Crippen molar-refractivity contribution in [1.82, 2.24) is 21.0 Å². The molecule has 8 nitrogen and oxygen atoms in total. The molecule has 1 aromatic rings. The predicted molar refractivity (Wildman–Crippen MR) is 129 cm³/mol. The van der Waals surface area contributed by atoms with Gasteiger partial charge in [0.2, 0.25) is 17.7 Å². The molecule has 0 spiro atoms. The summed E-state index contributed by atoms with van der Waals surface area (Å²) < 4.78 is 5.16. The molecular weight excluding hydrogens is 440 g/mol. The van der Waals surface area contributed by atoms with Crippen molar-refractivity contribution < 1.29 is 18.7 Å². The van der Waals surface area contributed by atoms with Gasteiger partial charge in [0.1, 0.15) is 12.1 Å². The minimum absolute atomic E-state index is 0.165. The molecule has 1 fully saturated rings. The van der Waals surface area contributed by atoms with Crippen LogP contribution in [0.25, 0.3) is 4.91 Å². The third kappa shape index (κ3) is 6.09. The van der Waals surface area contributed by atoms with Crippen LogP contribution in [-0.4, -0.2) is 41.2 Å². The van der Waals surface area contributed by atoms with Crippen molar-refractivity contribution in [3.63, 3.8) is 0 Å². The van der Waals surface area contributed by atoms with Crippen LogP contribution in [0.1, 0.15) is 65.0 Å². The van der Waals surface area contributed by atoms with Crippen LogP contribution in [0.3, 0.4) is 0 Å². The first-order chi connectivity index (χ1) is 15.6. The summed E-state index contributed by atoms with van der Waals surface area (Å²) in [5.41, 5.74) is 5.36. The number of hydrogen-bond donors (Lipinski definition) is 3. The molecule has 180 valence electrons. The Balaban J connectivity index is 1.62. The molecule has 2 unspecified atom stereocenters. The number of rotatable bonds is 7. The van der Waals surface area contributed by atoms with E-state index in [1.807, 2.05) is 52.0 Å². The van der Waals surface area contributed by atoms with E-state index in [0.29, 0.717) is 25.9 Å². The Morgan fingerprint density at radius 1 is 1.24 bits per heavy atom. The molecule has 0 aliphatic carbocycles. The summed E-state index contributed by atoms with van der Waals surface area (Å²) in [5.74, 6) is -0.530. The number of nitrogens with one attached hydrogen (secondary N) is 3. The second kappa shape index (κ2) is 10.6. The van der Waals surface area contributed by atoms with Crippen molar-refractivity contribution in [1.29, 1.82) is 0 Å². The zero-order chi connectivity index (χ0) is 24.2. The van der Waals surface area contributed by atoms with E-state index < -0.39 is 17.5 Å². The number of benzene rings is 1. The zero-order valence-electron chi connectivity index (χ0n) is 20.0. The molecule has 2 aliphatic heterocycles. The van der Waals surface area contributed by atoms with Gasteiger partial charge in [-0.3, -0.25) is 19.9 Å². The highest BCUT2D eigenvalue weighted by atomic mass is 32.2. The molecule has 0 bridgehead atoms. The minimum Gasteiger partial charge on any atom is -0.350 e. The first-order valence-electron chi connectivity index (χ1n) is 11.4. The second-order valence-electron chi connectivity index (χ2n) is 9.55. The highest BCUT2D eigenvalue weighted by molar-refractivity contribution is 8.04. The number of carbonyl (C=O) groups is 3.